The topological polar surface area (TPSA) is 175 Å². The first-order valence-corrected chi connectivity index (χ1v) is 15.7. The van der Waals surface area contributed by atoms with Gasteiger partial charge in [0.15, 0.2) is 11.0 Å². The number of fused-ring (bicyclic) bond motifs is 4. The average Bonchev–Trinajstić information content (AvgIpc) is 3.67. The van der Waals surface area contributed by atoms with Crippen molar-refractivity contribution in [1.29, 1.82) is 0 Å². The van der Waals surface area contributed by atoms with Gasteiger partial charge in [0, 0.05) is 30.2 Å². The summed E-state index contributed by atoms with van der Waals surface area (Å²) in [6.07, 6.45) is 11.1. The van der Waals surface area contributed by atoms with Crippen molar-refractivity contribution >= 4 is 16.9 Å². The van der Waals surface area contributed by atoms with Gasteiger partial charge in [-0.2, -0.15) is 0 Å². The Hall–Kier alpha value is -4.38. The number of benzene rings is 1. The third-order valence-corrected chi connectivity index (χ3v) is 9.68. The molecule has 45 heavy (non-hydrogen) atoms. The Morgan fingerprint density at radius 3 is 2.73 bits per heavy atom. The Kier molecular flexibility index (Phi) is 6.92. The monoisotopic (exact) mass is 616 g/mol. The molecule has 0 aliphatic carbocycles. The van der Waals surface area contributed by atoms with Crippen molar-refractivity contribution < 1.29 is 28.5 Å². The number of aromatic hydroxyl groups is 1. The largest absolute Gasteiger partial charge is 0.507 e. The summed E-state index contributed by atoms with van der Waals surface area (Å²) in [6.45, 7) is 6.10. The molecule has 7 rings (SSSR count). The maximum absolute atomic E-state index is 13.9. The van der Waals surface area contributed by atoms with Crippen molar-refractivity contribution in [1.82, 2.24) is 10.6 Å². The average molecular weight is 617 g/mol. The highest BCUT2D eigenvalue weighted by atomic mass is 16.7. The van der Waals surface area contributed by atoms with Gasteiger partial charge >= 0.3 is 5.97 Å². The molecule has 238 valence electrons. The van der Waals surface area contributed by atoms with E-state index in [1.165, 1.54) is 6.07 Å². The molecule has 0 bridgehead atoms. The summed E-state index contributed by atoms with van der Waals surface area (Å²) in [7, 11) is 0. The number of esters is 1. The van der Waals surface area contributed by atoms with E-state index >= 15 is 0 Å². The van der Waals surface area contributed by atoms with Crippen LogP contribution < -0.4 is 32.3 Å². The standard InChI is InChI=1S/C34H40N4O7/c1-17-12-22(39)29-23(42-17)16-24-28(30(29)40)20-6-4-5-10-34(32(41)43-31(20)33(2,3)44-24)25(45-34)8-7-18-13-21(38-27(36)14-18)19-9-11-37-26(35)15-19/h9,12-16,20-21,25,31,37-38,40H,4-8,10-11,35-36H2,1-3H3. The van der Waals surface area contributed by atoms with Crippen LogP contribution >= 0.6 is 0 Å². The highest BCUT2D eigenvalue weighted by Crippen LogP contribution is 2.53. The first kappa shape index (κ1) is 29.3. The van der Waals surface area contributed by atoms with Crippen molar-refractivity contribution in [2.75, 3.05) is 6.54 Å². The van der Waals surface area contributed by atoms with Crippen LogP contribution in [0.1, 0.15) is 69.6 Å². The van der Waals surface area contributed by atoms with E-state index in [1.807, 2.05) is 26.0 Å². The van der Waals surface area contributed by atoms with Gasteiger partial charge in [-0.3, -0.25) is 4.79 Å². The Labute approximate surface area is 260 Å². The highest BCUT2D eigenvalue weighted by Gasteiger charge is 2.64. The van der Waals surface area contributed by atoms with Gasteiger partial charge in [0.05, 0.1) is 23.8 Å². The highest BCUT2D eigenvalue weighted by molar-refractivity contribution is 5.88. The molecule has 0 amide bonds. The predicted octanol–water partition coefficient (Wildman–Crippen LogP) is 3.49. The lowest BCUT2D eigenvalue weighted by molar-refractivity contribution is -0.170. The fourth-order valence-corrected chi connectivity index (χ4v) is 7.49. The van der Waals surface area contributed by atoms with Crippen molar-refractivity contribution in [3.8, 4) is 11.5 Å². The van der Waals surface area contributed by atoms with Crippen LogP contribution in [0, 0.1) is 6.92 Å². The van der Waals surface area contributed by atoms with Crippen LogP contribution in [0.3, 0.4) is 0 Å². The zero-order valence-corrected chi connectivity index (χ0v) is 25.8. The van der Waals surface area contributed by atoms with E-state index < -0.39 is 23.3 Å². The molecule has 7 N–H and O–H groups in total. The number of carbonyl (C=O) groups excluding carboxylic acids is 1. The number of ether oxygens (including phenoxy) is 3. The number of nitrogens with two attached hydrogens (primary N) is 2. The summed E-state index contributed by atoms with van der Waals surface area (Å²) < 4.78 is 24.6. The van der Waals surface area contributed by atoms with Crippen LogP contribution in [0.15, 0.2) is 68.4 Å². The van der Waals surface area contributed by atoms with Gasteiger partial charge in [0.25, 0.3) is 0 Å². The molecule has 1 spiro atoms. The fraction of sp³-hybridized carbons (Fsp3) is 0.471. The first-order valence-electron chi connectivity index (χ1n) is 15.7. The molecule has 6 heterocycles. The van der Waals surface area contributed by atoms with Crippen LogP contribution in [0.5, 0.6) is 11.5 Å². The minimum atomic E-state index is -1.02. The number of rotatable bonds is 4. The van der Waals surface area contributed by atoms with Gasteiger partial charge in [0.2, 0.25) is 0 Å². The second-order valence-electron chi connectivity index (χ2n) is 13.3. The number of allylic oxidation sites excluding steroid dienone is 2. The summed E-state index contributed by atoms with van der Waals surface area (Å²) in [5, 5.41) is 17.9. The summed E-state index contributed by atoms with van der Waals surface area (Å²) in [5.41, 5.74) is 12.8. The summed E-state index contributed by atoms with van der Waals surface area (Å²) >= 11 is 0. The van der Waals surface area contributed by atoms with E-state index in [1.54, 1.807) is 13.0 Å². The molecule has 1 aromatic heterocycles. The predicted molar refractivity (Wildman–Crippen MR) is 167 cm³/mol. The lowest BCUT2D eigenvalue weighted by Gasteiger charge is -2.44. The molecule has 2 saturated heterocycles. The van der Waals surface area contributed by atoms with E-state index in [0.717, 1.165) is 24.0 Å². The number of phenols is 1. The summed E-state index contributed by atoms with van der Waals surface area (Å²) in [4.78, 5) is 26.8. The van der Waals surface area contributed by atoms with Crippen LogP contribution in [-0.2, 0) is 14.3 Å². The van der Waals surface area contributed by atoms with Gasteiger partial charge in [-0.1, -0.05) is 18.6 Å². The molecule has 5 aliphatic heterocycles. The van der Waals surface area contributed by atoms with E-state index in [9.17, 15) is 14.7 Å². The summed E-state index contributed by atoms with van der Waals surface area (Å²) in [6, 6.07) is 2.94. The molecule has 5 aliphatic rings. The van der Waals surface area contributed by atoms with Gasteiger partial charge in [0.1, 0.15) is 39.9 Å². The summed E-state index contributed by atoms with van der Waals surface area (Å²) in [5.74, 6) is 1.11. The minimum Gasteiger partial charge on any atom is -0.507 e. The van der Waals surface area contributed by atoms with Crippen LogP contribution in [0.4, 0.5) is 0 Å². The van der Waals surface area contributed by atoms with Crippen LogP contribution in [0.25, 0.3) is 11.0 Å². The second kappa shape index (κ2) is 10.6. The number of aryl methyl sites for hydroxylation is 1. The van der Waals surface area contributed by atoms with Crippen molar-refractivity contribution in [2.24, 2.45) is 11.5 Å². The molecule has 0 radical (unpaired) electrons. The molecular weight excluding hydrogens is 576 g/mol. The number of carbonyl (C=O) groups is 1. The van der Waals surface area contributed by atoms with Gasteiger partial charge in [-0.05, 0) is 76.2 Å². The van der Waals surface area contributed by atoms with Crippen molar-refractivity contribution in [2.45, 2.75) is 94.7 Å². The van der Waals surface area contributed by atoms with Gasteiger partial charge in [-0.15, -0.1) is 0 Å². The molecule has 11 nitrogen and oxygen atoms in total. The number of nitrogens with one attached hydrogen (secondary N) is 2. The SMILES string of the molecule is Cc1cc(=O)c2c(O)c3c(cc2o1)OC(C)(C)C1OC(=O)C2(CCCCC31)OC2CCC1=CC(C2=CCNC(N)=C2)NC(N)=C1. The molecular formula is C34H40N4O7. The fourth-order valence-electron chi connectivity index (χ4n) is 7.49. The third-order valence-electron chi connectivity index (χ3n) is 9.68. The number of hydrogen-bond donors (Lipinski definition) is 5. The second-order valence-corrected chi connectivity index (χ2v) is 13.3. The lowest BCUT2D eigenvalue weighted by Crippen LogP contribution is -2.52. The molecule has 1 aromatic carbocycles. The molecule has 2 fully saturated rings. The zero-order valence-electron chi connectivity index (χ0n) is 25.8. The lowest BCUT2D eigenvalue weighted by atomic mass is 9.77. The smallest absolute Gasteiger partial charge is 0.341 e. The van der Waals surface area contributed by atoms with E-state index in [2.05, 4.69) is 22.8 Å². The zero-order chi connectivity index (χ0) is 31.7. The quantitative estimate of drug-likeness (QED) is 0.251. The number of phenolic OH excluding ortho intramolecular Hbond substituents is 1. The minimum absolute atomic E-state index is 0.0909. The Morgan fingerprint density at radius 1 is 1.11 bits per heavy atom. The normalized spacial score (nSPS) is 30.3. The molecule has 2 aromatic rings. The first-order chi connectivity index (χ1) is 21.4. The van der Waals surface area contributed by atoms with Crippen LogP contribution in [-0.4, -0.2) is 47.1 Å². The molecule has 5 unspecified atom stereocenters. The van der Waals surface area contributed by atoms with E-state index in [4.69, 9.17) is 30.1 Å². The van der Waals surface area contributed by atoms with Crippen molar-refractivity contribution in [3.05, 3.63) is 80.8 Å². The van der Waals surface area contributed by atoms with E-state index in [-0.39, 0.29) is 40.2 Å². The molecule has 0 saturated carbocycles. The molecule has 5 atom stereocenters. The number of dihydropyridines is 2. The van der Waals surface area contributed by atoms with Crippen molar-refractivity contribution in [3.63, 3.8) is 0 Å². The van der Waals surface area contributed by atoms with Gasteiger partial charge in [-0.25, -0.2) is 4.79 Å². The number of epoxide rings is 1. The van der Waals surface area contributed by atoms with Crippen LogP contribution in [0.2, 0.25) is 0 Å². The third kappa shape index (κ3) is 5.12. The Balaban J connectivity index is 1.11. The van der Waals surface area contributed by atoms with E-state index in [0.29, 0.717) is 60.9 Å². The Morgan fingerprint density at radius 2 is 1.93 bits per heavy atom. The maximum atomic E-state index is 13.9. The van der Waals surface area contributed by atoms with Gasteiger partial charge < -0.3 is 45.8 Å². The number of hydrogen-bond acceptors (Lipinski definition) is 11. The maximum Gasteiger partial charge on any atom is 0.341 e. The molecule has 11 heteroatoms. The Bertz CT molecular complexity index is 1770.